The molecule has 1 aromatic carbocycles. The first-order valence-corrected chi connectivity index (χ1v) is 20.5. The van der Waals surface area contributed by atoms with E-state index in [1.54, 1.807) is 0 Å². The van der Waals surface area contributed by atoms with Crippen LogP contribution in [0.15, 0.2) is 35.9 Å². The van der Waals surface area contributed by atoms with E-state index in [9.17, 15) is 0 Å². The van der Waals surface area contributed by atoms with Gasteiger partial charge in [-0.05, 0) is 122 Å². The minimum absolute atomic E-state index is 0.0981. The van der Waals surface area contributed by atoms with Gasteiger partial charge >= 0.3 is 0 Å². The number of hydrogen-bond acceptors (Lipinski definition) is 5. The summed E-state index contributed by atoms with van der Waals surface area (Å²) >= 11 is 0. The highest BCUT2D eigenvalue weighted by molar-refractivity contribution is 5.34. The van der Waals surface area contributed by atoms with E-state index < -0.39 is 5.79 Å². The maximum atomic E-state index is 7.10. The highest BCUT2D eigenvalue weighted by Crippen LogP contribution is 2.76. The molecule has 1 aromatic rings. The Morgan fingerprint density at radius 2 is 1.48 bits per heavy atom. The van der Waals surface area contributed by atoms with Gasteiger partial charge in [-0.15, -0.1) is 0 Å². The average Bonchev–Trinajstić information content (AvgIpc) is 3.06. The van der Waals surface area contributed by atoms with Crippen molar-refractivity contribution in [3.8, 4) is 0 Å². The van der Waals surface area contributed by atoms with Gasteiger partial charge in [0.2, 0.25) is 0 Å². The molecule has 5 aliphatic carbocycles. The smallest absolute Gasteiger partial charge is 0.163 e. The maximum Gasteiger partial charge on any atom is 0.163 e. The monoisotopic (exact) mass is 688 g/mol. The number of allylic oxidation sites excluding steroid dienone is 2. The van der Waals surface area contributed by atoms with Crippen LogP contribution >= 0.6 is 0 Å². The van der Waals surface area contributed by atoms with Crippen LogP contribution in [0.3, 0.4) is 0 Å². The lowest BCUT2D eigenvalue weighted by Crippen LogP contribution is -2.68. The van der Waals surface area contributed by atoms with Gasteiger partial charge in [0.15, 0.2) is 5.79 Å². The van der Waals surface area contributed by atoms with Crippen LogP contribution in [-0.2, 0) is 32.1 Å². The molecule has 0 spiro atoms. The van der Waals surface area contributed by atoms with E-state index in [0.29, 0.717) is 41.3 Å². The third-order valence-electron chi connectivity index (χ3n) is 17.0. The molecule has 2 heterocycles. The molecule has 0 bridgehead atoms. The van der Waals surface area contributed by atoms with E-state index in [1.807, 2.05) is 5.57 Å². The van der Waals surface area contributed by atoms with Crippen molar-refractivity contribution in [1.29, 1.82) is 0 Å². The summed E-state index contributed by atoms with van der Waals surface area (Å²) in [6.07, 6.45) is 14.7. The standard InChI is InChI=1S/C45H69NO4/c1-39(2)26-34-33-14-15-36-42(6)18-17-37-43(7,30-49-40(3,4)50-37)35(42)16-19-45(36,9)44(33,8)21-20-41(34,5)38(27-39)48-29-32-12-10-31(11-13-32)28-46-22-24-47-25-23-46/h10-14,34-38H,15-30H2,1-9H3/t34-,35?,36-,37?,38-,41-,42+,43?,44-,45-/m1/s1. The topological polar surface area (TPSA) is 40.2 Å². The minimum atomic E-state index is -0.463. The van der Waals surface area contributed by atoms with Crippen molar-refractivity contribution in [1.82, 2.24) is 4.90 Å². The van der Waals surface area contributed by atoms with Crippen molar-refractivity contribution < 1.29 is 18.9 Å². The van der Waals surface area contributed by atoms with Crippen LogP contribution in [0.2, 0.25) is 0 Å². The normalized spacial score (nSPS) is 46.7. The van der Waals surface area contributed by atoms with Crippen molar-refractivity contribution in [2.75, 3.05) is 32.9 Å². The number of hydrogen-bond donors (Lipinski definition) is 0. The molecule has 0 aromatic heterocycles. The fraction of sp³-hybridized carbons (Fsp3) is 0.822. The van der Waals surface area contributed by atoms with E-state index >= 15 is 0 Å². The molecular weight excluding hydrogens is 618 g/mol. The largest absolute Gasteiger partial charge is 0.379 e. The molecule has 6 fully saturated rings. The summed E-state index contributed by atoms with van der Waals surface area (Å²) in [6.45, 7) is 28.8. The van der Waals surface area contributed by atoms with Crippen molar-refractivity contribution in [2.24, 2.45) is 50.2 Å². The van der Waals surface area contributed by atoms with Gasteiger partial charge < -0.3 is 18.9 Å². The Labute approximate surface area is 304 Å². The summed E-state index contributed by atoms with van der Waals surface area (Å²) in [6, 6.07) is 9.25. The van der Waals surface area contributed by atoms with E-state index in [2.05, 4.69) is 97.6 Å². The molecule has 5 heteroatoms. The molecule has 0 radical (unpaired) electrons. The number of morpholine rings is 1. The van der Waals surface area contributed by atoms with Gasteiger partial charge in [-0.2, -0.15) is 0 Å². The SMILES string of the molecule is CC1(C)C[C@@H]2C3=CC[C@@H]4[C@@]5(C)CCC6OC(C)(C)OCC6(C)C5CC[C@@]4(C)[C@]3(C)CC[C@@]2(C)[C@H](OCc2ccc(CN3CCOCC3)cc2)C1. The van der Waals surface area contributed by atoms with Crippen molar-refractivity contribution in [3.05, 3.63) is 47.0 Å². The van der Waals surface area contributed by atoms with Crippen LogP contribution in [0.25, 0.3) is 0 Å². The first kappa shape index (κ1) is 35.8. The van der Waals surface area contributed by atoms with Gasteiger partial charge in [0.05, 0.1) is 38.6 Å². The molecule has 0 amide bonds. The van der Waals surface area contributed by atoms with Gasteiger partial charge in [0.25, 0.3) is 0 Å². The Morgan fingerprint density at radius 1 is 0.760 bits per heavy atom. The van der Waals surface area contributed by atoms with Crippen molar-refractivity contribution >= 4 is 0 Å². The highest BCUT2D eigenvalue weighted by Gasteiger charge is 2.70. The zero-order valence-electron chi connectivity index (χ0n) is 33.2. The summed E-state index contributed by atoms with van der Waals surface area (Å²) in [7, 11) is 0. The van der Waals surface area contributed by atoms with Gasteiger partial charge in [0.1, 0.15) is 0 Å². The third-order valence-corrected chi connectivity index (χ3v) is 17.0. The molecule has 2 aliphatic heterocycles. The summed E-state index contributed by atoms with van der Waals surface area (Å²) in [5.74, 6) is 1.48. The van der Waals surface area contributed by atoms with E-state index in [-0.39, 0.29) is 27.8 Å². The predicted octanol–water partition coefficient (Wildman–Crippen LogP) is 9.97. The molecule has 278 valence electrons. The molecule has 5 nitrogen and oxygen atoms in total. The fourth-order valence-corrected chi connectivity index (χ4v) is 13.7. The molecule has 7 aliphatic rings. The van der Waals surface area contributed by atoms with Gasteiger partial charge in [-0.1, -0.05) is 84.4 Å². The quantitative estimate of drug-likeness (QED) is 0.288. The van der Waals surface area contributed by atoms with E-state index in [1.165, 1.54) is 62.5 Å². The third kappa shape index (κ3) is 5.56. The zero-order chi connectivity index (χ0) is 35.4. The number of ether oxygens (including phenoxy) is 4. The second-order valence-corrected chi connectivity index (χ2v) is 20.8. The van der Waals surface area contributed by atoms with Gasteiger partial charge in [-0.25, -0.2) is 0 Å². The van der Waals surface area contributed by atoms with Crippen LogP contribution in [0.5, 0.6) is 0 Å². The number of benzene rings is 1. The van der Waals surface area contributed by atoms with Crippen LogP contribution in [-0.4, -0.2) is 55.8 Å². The lowest BCUT2D eigenvalue weighted by atomic mass is 9.33. The lowest BCUT2D eigenvalue weighted by molar-refractivity contribution is -0.351. The summed E-state index contributed by atoms with van der Waals surface area (Å²) < 4.78 is 25.7. The van der Waals surface area contributed by atoms with E-state index in [4.69, 9.17) is 18.9 Å². The molecule has 3 unspecified atom stereocenters. The van der Waals surface area contributed by atoms with E-state index in [0.717, 1.165) is 45.9 Å². The van der Waals surface area contributed by atoms with Crippen molar-refractivity contribution in [3.63, 3.8) is 0 Å². The Kier molecular flexibility index (Phi) is 8.68. The van der Waals surface area contributed by atoms with Crippen molar-refractivity contribution in [2.45, 2.75) is 151 Å². The molecule has 0 N–H and O–H groups in total. The van der Waals surface area contributed by atoms with Crippen LogP contribution in [0.1, 0.15) is 131 Å². The molecule has 4 saturated carbocycles. The van der Waals surface area contributed by atoms with Gasteiger partial charge in [-0.3, -0.25) is 4.90 Å². The fourth-order valence-electron chi connectivity index (χ4n) is 13.7. The van der Waals surface area contributed by atoms with Gasteiger partial charge in [0, 0.05) is 30.5 Å². The predicted molar refractivity (Wildman–Crippen MR) is 200 cm³/mol. The molecule has 50 heavy (non-hydrogen) atoms. The maximum absolute atomic E-state index is 7.10. The Hall–Kier alpha value is -1.24. The summed E-state index contributed by atoms with van der Waals surface area (Å²) in [5.41, 5.74) is 5.90. The van der Waals surface area contributed by atoms with Crippen LogP contribution in [0.4, 0.5) is 0 Å². The number of nitrogens with zero attached hydrogens (tertiary/aromatic N) is 1. The Bertz CT molecular complexity index is 1460. The lowest BCUT2D eigenvalue weighted by Gasteiger charge is -2.72. The zero-order valence-corrected chi connectivity index (χ0v) is 33.2. The number of rotatable bonds is 5. The second-order valence-electron chi connectivity index (χ2n) is 20.8. The number of fused-ring (bicyclic) bond motifs is 9. The molecular formula is C45H69NO4. The minimum Gasteiger partial charge on any atom is -0.379 e. The average molecular weight is 688 g/mol. The molecule has 2 saturated heterocycles. The van der Waals surface area contributed by atoms with Crippen LogP contribution < -0.4 is 0 Å². The Balaban J connectivity index is 1.02. The summed E-state index contributed by atoms with van der Waals surface area (Å²) in [5, 5.41) is 0. The molecule has 10 atom stereocenters. The Morgan fingerprint density at radius 3 is 2.22 bits per heavy atom. The first-order valence-electron chi connectivity index (χ1n) is 20.5. The highest BCUT2D eigenvalue weighted by atomic mass is 16.7. The molecule has 8 rings (SSSR count). The second kappa shape index (κ2) is 12.1. The first-order chi connectivity index (χ1) is 23.5. The summed E-state index contributed by atoms with van der Waals surface area (Å²) in [4.78, 5) is 2.50. The van der Waals surface area contributed by atoms with Crippen LogP contribution in [0, 0.1) is 50.2 Å².